The van der Waals surface area contributed by atoms with E-state index in [1.165, 1.54) is 0 Å². The highest BCUT2D eigenvalue weighted by molar-refractivity contribution is 6.32. The average Bonchev–Trinajstić information content (AvgIpc) is 3.04. The Kier molecular flexibility index (Phi) is 4.73. The molecule has 2 heterocycles. The maximum atomic E-state index is 6.24. The van der Waals surface area contributed by atoms with Crippen LogP contribution in [0, 0.1) is 0 Å². The highest BCUT2D eigenvalue weighted by atomic mass is 35.5. The molecular formula is C16H20ClN3O3. The van der Waals surface area contributed by atoms with E-state index in [0.717, 1.165) is 24.9 Å². The summed E-state index contributed by atoms with van der Waals surface area (Å²) in [7, 11) is 3.12. The van der Waals surface area contributed by atoms with Crippen molar-refractivity contribution in [1.29, 1.82) is 0 Å². The van der Waals surface area contributed by atoms with E-state index in [4.69, 9.17) is 25.6 Å². The van der Waals surface area contributed by atoms with Crippen LogP contribution < -0.4 is 14.8 Å². The van der Waals surface area contributed by atoms with E-state index in [0.29, 0.717) is 40.2 Å². The number of halogens is 1. The van der Waals surface area contributed by atoms with Crippen molar-refractivity contribution in [3.8, 4) is 22.9 Å². The second kappa shape index (κ2) is 6.76. The third-order valence-electron chi connectivity index (χ3n) is 4.11. The van der Waals surface area contributed by atoms with Crippen LogP contribution in [0.4, 0.5) is 0 Å². The van der Waals surface area contributed by atoms with Gasteiger partial charge in [-0.3, -0.25) is 0 Å². The molecule has 1 saturated heterocycles. The van der Waals surface area contributed by atoms with Gasteiger partial charge in [-0.25, -0.2) is 0 Å². The zero-order valence-corrected chi connectivity index (χ0v) is 14.2. The van der Waals surface area contributed by atoms with Crippen molar-refractivity contribution < 1.29 is 14.0 Å². The molecule has 0 saturated carbocycles. The topological polar surface area (TPSA) is 69.4 Å². The summed E-state index contributed by atoms with van der Waals surface area (Å²) in [6, 6.07) is 4.01. The Morgan fingerprint density at radius 1 is 1.30 bits per heavy atom. The van der Waals surface area contributed by atoms with Crippen LogP contribution >= 0.6 is 11.6 Å². The lowest BCUT2D eigenvalue weighted by atomic mass is 9.93. The summed E-state index contributed by atoms with van der Waals surface area (Å²) in [5.74, 6) is 2.52. The number of piperidine rings is 1. The number of methoxy groups -OCH3 is 2. The van der Waals surface area contributed by atoms with Gasteiger partial charge >= 0.3 is 0 Å². The second-order valence-electron chi connectivity index (χ2n) is 5.73. The lowest BCUT2D eigenvalue weighted by Gasteiger charge is -2.25. The van der Waals surface area contributed by atoms with E-state index >= 15 is 0 Å². The quantitative estimate of drug-likeness (QED) is 0.923. The van der Waals surface area contributed by atoms with Gasteiger partial charge in [0, 0.05) is 17.5 Å². The van der Waals surface area contributed by atoms with Crippen molar-refractivity contribution in [3.63, 3.8) is 0 Å². The van der Waals surface area contributed by atoms with Crippen LogP contribution in [0.5, 0.6) is 11.5 Å². The van der Waals surface area contributed by atoms with Gasteiger partial charge in [0.2, 0.25) is 11.7 Å². The molecule has 23 heavy (non-hydrogen) atoms. The Morgan fingerprint density at radius 2 is 2.13 bits per heavy atom. The first kappa shape index (κ1) is 16.1. The summed E-state index contributed by atoms with van der Waals surface area (Å²) >= 11 is 6.24. The number of nitrogens with one attached hydrogen (secondary N) is 1. The Balaban J connectivity index is 1.89. The fraction of sp³-hybridized carbons (Fsp3) is 0.500. The molecule has 2 atom stereocenters. The van der Waals surface area contributed by atoms with Crippen LogP contribution in [0.25, 0.3) is 11.4 Å². The predicted molar refractivity (Wildman–Crippen MR) is 87.3 cm³/mol. The van der Waals surface area contributed by atoms with Gasteiger partial charge < -0.3 is 19.3 Å². The summed E-state index contributed by atoms with van der Waals surface area (Å²) in [6.07, 6.45) is 1.99. The summed E-state index contributed by atoms with van der Waals surface area (Å²) in [6.45, 7) is 3.13. The van der Waals surface area contributed by atoms with E-state index in [1.807, 2.05) is 0 Å². The Bertz CT molecular complexity index is 689. The summed E-state index contributed by atoms with van der Waals surface area (Å²) in [5, 5.41) is 7.96. The Hall–Kier alpha value is -1.79. The molecule has 0 spiro atoms. The molecule has 7 heteroatoms. The number of rotatable bonds is 4. The van der Waals surface area contributed by atoms with Crippen LogP contribution in [0.3, 0.4) is 0 Å². The zero-order valence-electron chi connectivity index (χ0n) is 13.4. The summed E-state index contributed by atoms with van der Waals surface area (Å²) in [5.41, 5.74) is 0.740. The third-order valence-corrected chi connectivity index (χ3v) is 4.39. The molecule has 0 unspecified atom stereocenters. The van der Waals surface area contributed by atoms with Gasteiger partial charge in [-0.05, 0) is 38.4 Å². The first-order chi connectivity index (χ1) is 11.1. The number of hydrogen-bond donors (Lipinski definition) is 1. The van der Waals surface area contributed by atoms with E-state index in [9.17, 15) is 0 Å². The minimum Gasteiger partial charge on any atom is -0.493 e. The molecule has 0 bridgehead atoms. The van der Waals surface area contributed by atoms with Crippen molar-refractivity contribution in [2.75, 3.05) is 20.8 Å². The van der Waals surface area contributed by atoms with Crippen LogP contribution in [0.2, 0.25) is 5.02 Å². The molecule has 1 N–H and O–H groups in total. The Morgan fingerprint density at radius 3 is 2.83 bits per heavy atom. The van der Waals surface area contributed by atoms with Crippen LogP contribution in [-0.2, 0) is 0 Å². The minimum atomic E-state index is 0.295. The fourth-order valence-electron chi connectivity index (χ4n) is 2.92. The summed E-state index contributed by atoms with van der Waals surface area (Å²) in [4.78, 5) is 4.55. The van der Waals surface area contributed by atoms with Crippen molar-refractivity contribution >= 4 is 11.6 Å². The van der Waals surface area contributed by atoms with Gasteiger partial charge in [-0.2, -0.15) is 4.98 Å². The standard InChI is InChI=1S/C16H20ClN3O3/c1-9-6-10(4-5-18-9)16-19-15(20-23-16)11-7-12(17)14(22-3)13(8-11)21-2/h7-10,18H,4-6H2,1-3H3/t9-,10-/m0/s1. The molecule has 1 aliphatic rings. The lowest BCUT2D eigenvalue weighted by Crippen LogP contribution is -2.34. The maximum absolute atomic E-state index is 6.24. The minimum absolute atomic E-state index is 0.295. The van der Waals surface area contributed by atoms with E-state index < -0.39 is 0 Å². The van der Waals surface area contributed by atoms with Gasteiger partial charge in [0.25, 0.3) is 0 Å². The van der Waals surface area contributed by atoms with E-state index in [-0.39, 0.29) is 0 Å². The molecule has 0 radical (unpaired) electrons. The van der Waals surface area contributed by atoms with Gasteiger partial charge in [0.15, 0.2) is 11.5 Å². The SMILES string of the molecule is COc1cc(-c2noc([C@H]3CCN[C@@H](C)C3)n2)cc(Cl)c1OC. The van der Waals surface area contributed by atoms with Gasteiger partial charge in [0.05, 0.1) is 19.2 Å². The van der Waals surface area contributed by atoms with Gasteiger partial charge in [0.1, 0.15) is 0 Å². The second-order valence-corrected chi connectivity index (χ2v) is 6.13. The molecule has 0 amide bonds. The third kappa shape index (κ3) is 3.28. The molecular weight excluding hydrogens is 318 g/mol. The van der Waals surface area contributed by atoms with Crippen molar-refractivity contribution in [3.05, 3.63) is 23.0 Å². The number of aromatic nitrogens is 2. The van der Waals surface area contributed by atoms with Crippen molar-refractivity contribution in [2.24, 2.45) is 0 Å². The highest BCUT2D eigenvalue weighted by Gasteiger charge is 2.25. The van der Waals surface area contributed by atoms with Crippen molar-refractivity contribution in [1.82, 2.24) is 15.5 Å². The average molecular weight is 338 g/mol. The first-order valence-electron chi connectivity index (χ1n) is 7.61. The van der Waals surface area contributed by atoms with Gasteiger partial charge in [-0.1, -0.05) is 16.8 Å². The zero-order chi connectivity index (χ0) is 16.4. The number of nitrogens with zero attached hydrogens (tertiary/aromatic N) is 2. The molecule has 2 aromatic rings. The monoisotopic (exact) mass is 337 g/mol. The number of ether oxygens (including phenoxy) is 2. The fourth-order valence-corrected chi connectivity index (χ4v) is 3.21. The van der Waals surface area contributed by atoms with E-state index in [2.05, 4.69) is 22.4 Å². The molecule has 0 aliphatic carbocycles. The normalized spacial score (nSPS) is 21.2. The first-order valence-corrected chi connectivity index (χ1v) is 7.99. The highest BCUT2D eigenvalue weighted by Crippen LogP contribution is 2.39. The molecule has 124 valence electrons. The Labute approximate surface area is 140 Å². The molecule has 1 fully saturated rings. The van der Waals surface area contributed by atoms with Gasteiger partial charge in [-0.15, -0.1) is 0 Å². The van der Waals surface area contributed by atoms with Crippen LogP contribution in [0.1, 0.15) is 31.6 Å². The van der Waals surface area contributed by atoms with E-state index in [1.54, 1.807) is 26.4 Å². The maximum Gasteiger partial charge on any atom is 0.230 e. The molecule has 6 nitrogen and oxygen atoms in total. The van der Waals surface area contributed by atoms with Crippen molar-refractivity contribution in [2.45, 2.75) is 31.7 Å². The predicted octanol–water partition coefficient (Wildman–Crippen LogP) is 3.26. The number of hydrogen-bond acceptors (Lipinski definition) is 6. The summed E-state index contributed by atoms with van der Waals surface area (Å²) < 4.78 is 16.0. The van der Waals surface area contributed by atoms with Crippen LogP contribution in [-0.4, -0.2) is 36.9 Å². The number of benzene rings is 1. The van der Waals surface area contributed by atoms with Crippen LogP contribution in [0.15, 0.2) is 16.7 Å². The largest absolute Gasteiger partial charge is 0.493 e. The smallest absolute Gasteiger partial charge is 0.230 e. The molecule has 1 aromatic carbocycles. The molecule has 1 aliphatic heterocycles. The lowest BCUT2D eigenvalue weighted by molar-refractivity contribution is 0.295. The molecule has 1 aromatic heterocycles. The molecule has 3 rings (SSSR count).